The number of esters is 1. The third-order valence-electron chi connectivity index (χ3n) is 2.95. The lowest BCUT2D eigenvalue weighted by Gasteiger charge is -2.34. The maximum atomic E-state index is 11.1. The molecule has 1 rings (SSSR count). The minimum atomic E-state index is -0.0828. The Kier molecular flexibility index (Phi) is 2.17. The van der Waals surface area contributed by atoms with Gasteiger partial charge in [-0.1, -0.05) is 0 Å². The van der Waals surface area contributed by atoms with Gasteiger partial charge >= 0.3 is 5.97 Å². The summed E-state index contributed by atoms with van der Waals surface area (Å²) in [6.45, 7) is 0. The van der Waals surface area contributed by atoms with Gasteiger partial charge in [0, 0.05) is 12.8 Å². The second kappa shape index (κ2) is 2.73. The number of hydrogen-bond acceptors (Lipinski definition) is 2. The van der Waals surface area contributed by atoms with Gasteiger partial charge in [0.25, 0.3) is 0 Å². The molecule has 0 heterocycles. The van der Waals surface area contributed by atoms with Crippen LogP contribution in [0.1, 0.15) is 19.3 Å². The predicted octanol–water partition coefficient (Wildman–Crippen LogP) is 0.788. The zero-order chi connectivity index (χ0) is 9.41. The van der Waals surface area contributed by atoms with E-state index in [1.807, 2.05) is 0 Å². The van der Waals surface area contributed by atoms with Crippen molar-refractivity contribution in [2.45, 2.75) is 24.8 Å². The highest BCUT2D eigenvalue weighted by molar-refractivity contribution is 5.71. The molecule has 0 amide bonds. The Hall–Kier alpha value is -0.570. The Balaban J connectivity index is 2.56. The SMILES string of the molecule is COC(=O)CC1([N+](C)(C)C)CC1. The third kappa shape index (κ3) is 1.61. The van der Waals surface area contributed by atoms with E-state index in [0.717, 1.165) is 17.3 Å². The van der Waals surface area contributed by atoms with Crippen LogP contribution in [-0.2, 0) is 9.53 Å². The minimum absolute atomic E-state index is 0.0828. The number of methoxy groups -OCH3 is 1. The van der Waals surface area contributed by atoms with E-state index in [1.54, 1.807) is 0 Å². The Morgan fingerprint density at radius 3 is 2.17 bits per heavy atom. The van der Waals surface area contributed by atoms with Crippen LogP contribution in [0.25, 0.3) is 0 Å². The van der Waals surface area contributed by atoms with Crippen molar-refractivity contribution in [3.8, 4) is 0 Å². The maximum Gasteiger partial charge on any atom is 0.311 e. The van der Waals surface area contributed by atoms with E-state index in [9.17, 15) is 4.79 Å². The molecule has 70 valence electrons. The maximum absolute atomic E-state index is 11.1. The molecule has 0 aromatic rings. The number of quaternary nitrogens is 1. The zero-order valence-electron chi connectivity index (χ0n) is 8.39. The Morgan fingerprint density at radius 1 is 1.42 bits per heavy atom. The lowest BCUT2D eigenvalue weighted by Crippen LogP contribution is -2.48. The summed E-state index contributed by atoms with van der Waals surface area (Å²) in [6, 6.07) is 0. The van der Waals surface area contributed by atoms with Crippen molar-refractivity contribution in [1.29, 1.82) is 0 Å². The van der Waals surface area contributed by atoms with Gasteiger partial charge in [0.15, 0.2) is 0 Å². The molecule has 0 bridgehead atoms. The largest absolute Gasteiger partial charge is 0.469 e. The van der Waals surface area contributed by atoms with Crippen molar-refractivity contribution in [1.82, 2.24) is 0 Å². The zero-order valence-corrected chi connectivity index (χ0v) is 8.39. The van der Waals surface area contributed by atoms with Gasteiger partial charge < -0.3 is 9.22 Å². The summed E-state index contributed by atoms with van der Waals surface area (Å²) in [5, 5.41) is 0. The first kappa shape index (κ1) is 9.52. The number of nitrogens with zero attached hydrogens (tertiary/aromatic N) is 1. The van der Waals surface area contributed by atoms with E-state index in [-0.39, 0.29) is 11.5 Å². The van der Waals surface area contributed by atoms with Gasteiger partial charge in [-0.3, -0.25) is 4.79 Å². The van der Waals surface area contributed by atoms with Crippen molar-refractivity contribution in [3.63, 3.8) is 0 Å². The molecule has 3 nitrogen and oxygen atoms in total. The van der Waals surface area contributed by atoms with E-state index in [0.29, 0.717) is 6.42 Å². The summed E-state index contributed by atoms with van der Waals surface area (Å²) in [5.41, 5.74) is 0.174. The second-order valence-corrected chi connectivity index (χ2v) is 4.49. The average Bonchev–Trinajstić information content (AvgIpc) is 2.67. The summed E-state index contributed by atoms with van der Waals surface area (Å²) in [5.74, 6) is -0.0828. The predicted molar refractivity (Wildman–Crippen MR) is 46.6 cm³/mol. The topological polar surface area (TPSA) is 26.3 Å². The molecule has 0 spiro atoms. The highest BCUT2D eigenvalue weighted by Gasteiger charge is 2.55. The lowest BCUT2D eigenvalue weighted by atomic mass is 10.1. The molecule has 0 aliphatic heterocycles. The molecule has 1 aliphatic carbocycles. The van der Waals surface area contributed by atoms with Crippen LogP contribution in [0.3, 0.4) is 0 Å². The summed E-state index contributed by atoms with van der Waals surface area (Å²) in [6.07, 6.45) is 2.85. The van der Waals surface area contributed by atoms with Crippen LogP contribution in [0.5, 0.6) is 0 Å². The van der Waals surface area contributed by atoms with Gasteiger partial charge in [-0.2, -0.15) is 0 Å². The molecule has 0 saturated heterocycles. The van der Waals surface area contributed by atoms with Crippen molar-refractivity contribution < 1.29 is 14.0 Å². The Labute approximate surface area is 73.9 Å². The number of rotatable bonds is 3. The summed E-state index contributed by atoms with van der Waals surface area (Å²) < 4.78 is 5.54. The first-order valence-electron chi connectivity index (χ1n) is 4.30. The highest BCUT2D eigenvalue weighted by atomic mass is 16.5. The normalized spacial score (nSPS) is 20.3. The molecule has 0 unspecified atom stereocenters. The van der Waals surface area contributed by atoms with Crippen molar-refractivity contribution in [3.05, 3.63) is 0 Å². The molecule has 0 atom stereocenters. The molecular formula is C9H18NO2+. The number of carbonyl (C=O) groups excluding carboxylic acids is 1. The molecule has 12 heavy (non-hydrogen) atoms. The van der Waals surface area contributed by atoms with Crippen LogP contribution >= 0.6 is 0 Å². The fourth-order valence-corrected chi connectivity index (χ4v) is 1.57. The smallest absolute Gasteiger partial charge is 0.311 e. The molecule has 1 fully saturated rings. The molecule has 0 radical (unpaired) electrons. The Bertz CT molecular complexity index is 189. The van der Waals surface area contributed by atoms with Crippen molar-refractivity contribution in [2.24, 2.45) is 0 Å². The summed E-state index contributed by atoms with van der Waals surface area (Å²) >= 11 is 0. The van der Waals surface area contributed by atoms with Crippen LogP contribution < -0.4 is 0 Å². The van der Waals surface area contributed by atoms with Gasteiger partial charge in [0.05, 0.1) is 28.3 Å². The quantitative estimate of drug-likeness (QED) is 0.464. The van der Waals surface area contributed by atoms with Gasteiger partial charge in [-0.05, 0) is 0 Å². The van der Waals surface area contributed by atoms with Crippen LogP contribution in [0.4, 0.5) is 0 Å². The fraction of sp³-hybridized carbons (Fsp3) is 0.889. The van der Waals surface area contributed by atoms with Crippen molar-refractivity contribution in [2.75, 3.05) is 28.3 Å². The third-order valence-corrected chi connectivity index (χ3v) is 2.95. The van der Waals surface area contributed by atoms with E-state index < -0.39 is 0 Å². The highest BCUT2D eigenvalue weighted by Crippen LogP contribution is 2.46. The molecule has 3 heteroatoms. The molecular weight excluding hydrogens is 154 g/mol. The van der Waals surface area contributed by atoms with E-state index in [4.69, 9.17) is 0 Å². The Morgan fingerprint density at radius 2 is 1.92 bits per heavy atom. The summed E-state index contributed by atoms with van der Waals surface area (Å²) in [4.78, 5) is 11.1. The number of ether oxygens (including phenoxy) is 1. The molecule has 1 aliphatic rings. The second-order valence-electron chi connectivity index (χ2n) is 4.49. The van der Waals surface area contributed by atoms with Crippen LogP contribution in [0.2, 0.25) is 0 Å². The average molecular weight is 172 g/mol. The van der Waals surface area contributed by atoms with Gasteiger partial charge in [0.2, 0.25) is 0 Å². The van der Waals surface area contributed by atoms with E-state index >= 15 is 0 Å². The van der Waals surface area contributed by atoms with E-state index in [1.165, 1.54) is 7.11 Å². The number of carbonyl (C=O) groups is 1. The van der Waals surface area contributed by atoms with Gasteiger partial charge in [-0.25, -0.2) is 0 Å². The molecule has 1 saturated carbocycles. The minimum Gasteiger partial charge on any atom is -0.469 e. The number of hydrogen-bond donors (Lipinski definition) is 0. The monoisotopic (exact) mass is 172 g/mol. The first-order chi connectivity index (χ1) is 5.41. The van der Waals surface area contributed by atoms with Crippen LogP contribution in [0, 0.1) is 0 Å². The van der Waals surface area contributed by atoms with Crippen LogP contribution in [-0.4, -0.2) is 44.2 Å². The first-order valence-corrected chi connectivity index (χ1v) is 4.30. The van der Waals surface area contributed by atoms with Gasteiger partial charge in [-0.15, -0.1) is 0 Å². The van der Waals surface area contributed by atoms with Crippen LogP contribution in [0.15, 0.2) is 0 Å². The standard InChI is InChI=1S/C9H18NO2/c1-10(2,3)9(5-6-9)7-8(11)12-4/h5-7H2,1-4H3/q+1. The van der Waals surface area contributed by atoms with E-state index in [2.05, 4.69) is 25.9 Å². The lowest BCUT2D eigenvalue weighted by molar-refractivity contribution is -0.906. The fourth-order valence-electron chi connectivity index (χ4n) is 1.57. The molecule has 0 aromatic heterocycles. The molecule has 0 N–H and O–H groups in total. The van der Waals surface area contributed by atoms with Gasteiger partial charge in [0.1, 0.15) is 12.0 Å². The molecule has 0 aromatic carbocycles. The van der Waals surface area contributed by atoms with Crippen molar-refractivity contribution >= 4 is 5.97 Å². The summed E-state index contributed by atoms with van der Waals surface area (Å²) in [7, 11) is 7.86.